The van der Waals surface area contributed by atoms with Gasteiger partial charge in [0.25, 0.3) is 5.91 Å². The third-order valence-electron chi connectivity index (χ3n) is 3.35. The number of nitrogens with one attached hydrogen (secondary N) is 3. The summed E-state index contributed by atoms with van der Waals surface area (Å²) in [6.45, 7) is -0.842. The van der Waals surface area contributed by atoms with Gasteiger partial charge in [-0.3, -0.25) is 14.9 Å². The Bertz CT molecular complexity index is 961. The molecular formula is C17H18ClN3O7S. The van der Waals surface area contributed by atoms with Crippen molar-refractivity contribution in [2.24, 2.45) is 0 Å². The summed E-state index contributed by atoms with van der Waals surface area (Å²) in [7, 11) is -3.83. The molecule has 0 bridgehead atoms. The third kappa shape index (κ3) is 7.94. The van der Waals surface area contributed by atoms with Crippen molar-refractivity contribution in [3.8, 4) is 0 Å². The zero-order valence-electron chi connectivity index (χ0n) is 15.0. The van der Waals surface area contributed by atoms with Gasteiger partial charge >= 0.3 is 12.0 Å². The number of benzene rings is 1. The van der Waals surface area contributed by atoms with Crippen molar-refractivity contribution in [2.45, 2.75) is 17.9 Å². The average molecular weight is 444 g/mol. The number of amides is 3. The zero-order valence-corrected chi connectivity index (χ0v) is 16.6. The van der Waals surface area contributed by atoms with Gasteiger partial charge in [0, 0.05) is 11.6 Å². The minimum atomic E-state index is -3.83. The summed E-state index contributed by atoms with van der Waals surface area (Å²) >= 11 is 5.75. The van der Waals surface area contributed by atoms with Crippen LogP contribution in [-0.4, -0.2) is 39.5 Å². The van der Waals surface area contributed by atoms with Crippen LogP contribution < -0.4 is 15.4 Å². The Morgan fingerprint density at radius 1 is 1.14 bits per heavy atom. The smallest absolute Gasteiger partial charge is 0.321 e. The Balaban J connectivity index is 1.64. The Labute approximate surface area is 171 Å². The van der Waals surface area contributed by atoms with E-state index >= 15 is 0 Å². The highest BCUT2D eigenvalue weighted by molar-refractivity contribution is 7.89. The number of furan rings is 1. The van der Waals surface area contributed by atoms with Crippen LogP contribution in [0.15, 0.2) is 52.0 Å². The summed E-state index contributed by atoms with van der Waals surface area (Å²) in [5.74, 6) is -1.15. The van der Waals surface area contributed by atoms with Crippen LogP contribution in [0.5, 0.6) is 0 Å². The number of carbonyl (C=O) groups is 3. The van der Waals surface area contributed by atoms with Crippen LogP contribution in [0.2, 0.25) is 5.02 Å². The lowest BCUT2D eigenvalue weighted by atomic mass is 10.4. The second-order valence-corrected chi connectivity index (χ2v) is 7.78. The molecule has 156 valence electrons. The highest BCUT2D eigenvalue weighted by atomic mass is 35.5. The van der Waals surface area contributed by atoms with Crippen LogP contribution in [0.25, 0.3) is 0 Å². The number of imide groups is 1. The molecule has 29 heavy (non-hydrogen) atoms. The Morgan fingerprint density at radius 2 is 1.93 bits per heavy atom. The minimum Gasteiger partial charge on any atom is -0.467 e. The van der Waals surface area contributed by atoms with Crippen molar-refractivity contribution in [2.75, 3.05) is 13.2 Å². The van der Waals surface area contributed by atoms with Gasteiger partial charge in [-0.15, -0.1) is 0 Å². The van der Waals surface area contributed by atoms with E-state index in [1.165, 1.54) is 30.5 Å². The summed E-state index contributed by atoms with van der Waals surface area (Å²) in [4.78, 5) is 34.7. The van der Waals surface area contributed by atoms with Gasteiger partial charge in [-0.2, -0.15) is 0 Å². The second kappa shape index (κ2) is 10.6. The van der Waals surface area contributed by atoms with E-state index in [1.54, 1.807) is 12.1 Å². The van der Waals surface area contributed by atoms with Crippen molar-refractivity contribution in [3.05, 3.63) is 53.4 Å². The van der Waals surface area contributed by atoms with Crippen LogP contribution in [0.3, 0.4) is 0 Å². The number of rotatable bonds is 9. The molecule has 1 aromatic carbocycles. The molecule has 10 nitrogen and oxygen atoms in total. The number of halogens is 1. The topological polar surface area (TPSA) is 144 Å². The number of sulfonamides is 1. The van der Waals surface area contributed by atoms with E-state index in [0.717, 1.165) is 0 Å². The lowest BCUT2D eigenvalue weighted by Gasteiger charge is -2.08. The largest absolute Gasteiger partial charge is 0.467 e. The van der Waals surface area contributed by atoms with Gasteiger partial charge in [-0.05, 0) is 30.3 Å². The Hall–Kier alpha value is -2.89. The molecule has 2 aromatic rings. The molecule has 3 amide bonds. The first kappa shape index (κ1) is 22.4. The molecule has 3 N–H and O–H groups in total. The molecule has 0 fully saturated rings. The number of urea groups is 1. The fraction of sp³-hybridized carbons (Fsp3) is 0.235. The monoisotopic (exact) mass is 443 g/mol. The molecule has 0 spiro atoms. The second-order valence-electron chi connectivity index (χ2n) is 5.58. The van der Waals surface area contributed by atoms with E-state index in [9.17, 15) is 22.8 Å². The Kier molecular flexibility index (Phi) is 8.19. The van der Waals surface area contributed by atoms with Crippen LogP contribution >= 0.6 is 11.6 Å². The summed E-state index contributed by atoms with van der Waals surface area (Å²) in [5.41, 5.74) is 0. The first-order valence-corrected chi connectivity index (χ1v) is 10.1. The minimum absolute atomic E-state index is 0.0432. The molecule has 0 aliphatic carbocycles. The zero-order chi connectivity index (χ0) is 21.3. The van der Waals surface area contributed by atoms with Gasteiger partial charge in [0.2, 0.25) is 10.0 Å². The predicted molar refractivity (Wildman–Crippen MR) is 101 cm³/mol. The highest BCUT2D eigenvalue weighted by Crippen LogP contribution is 2.15. The molecule has 0 radical (unpaired) electrons. The van der Waals surface area contributed by atoms with Gasteiger partial charge in [-0.1, -0.05) is 17.7 Å². The molecule has 0 atom stereocenters. The molecule has 0 aliphatic rings. The van der Waals surface area contributed by atoms with Gasteiger partial charge in [0.1, 0.15) is 5.76 Å². The normalized spacial score (nSPS) is 10.9. The predicted octanol–water partition coefficient (Wildman–Crippen LogP) is 1.17. The standard InChI is InChI=1S/C17H18ClN3O7S/c18-12-3-1-5-14(9-12)29(25,26)20-7-6-16(23)28-11-15(22)21-17(24)19-10-13-4-2-8-27-13/h1-5,8-9,20H,6-7,10-11H2,(H2,19,21,22,24). The van der Waals surface area contributed by atoms with Crippen molar-refractivity contribution < 1.29 is 32.0 Å². The van der Waals surface area contributed by atoms with Crippen molar-refractivity contribution >= 4 is 39.5 Å². The molecule has 12 heteroatoms. The van der Waals surface area contributed by atoms with E-state index in [1.807, 2.05) is 5.32 Å². The molecular weight excluding hydrogens is 426 g/mol. The lowest BCUT2D eigenvalue weighted by Crippen LogP contribution is -2.41. The van der Waals surface area contributed by atoms with Crippen LogP contribution in [0.1, 0.15) is 12.2 Å². The number of carbonyl (C=O) groups excluding carboxylic acids is 3. The summed E-state index contributed by atoms with van der Waals surface area (Å²) in [6.07, 6.45) is 1.13. The molecule has 0 unspecified atom stereocenters. The maximum absolute atomic E-state index is 12.1. The molecule has 1 heterocycles. The first-order chi connectivity index (χ1) is 13.8. The van der Waals surface area contributed by atoms with Gasteiger partial charge in [0.05, 0.1) is 24.1 Å². The highest BCUT2D eigenvalue weighted by Gasteiger charge is 2.16. The SMILES string of the molecule is O=C(COC(=O)CCNS(=O)(=O)c1cccc(Cl)c1)NC(=O)NCc1ccco1. The summed E-state index contributed by atoms with van der Waals surface area (Å²) in [6, 6.07) is 8.14. The van der Waals surface area contributed by atoms with Crippen molar-refractivity contribution in [1.29, 1.82) is 0 Å². The van der Waals surface area contributed by atoms with E-state index in [4.69, 9.17) is 16.0 Å². The number of esters is 1. The van der Waals surface area contributed by atoms with Crippen LogP contribution in [-0.2, 0) is 30.9 Å². The average Bonchev–Trinajstić information content (AvgIpc) is 3.18. The van der Waals surface area contributed by atoms with E-state index in [-0.39, 0.29) is 29.4 Å². The fourth-order valence-electron chi connectivity index (χ4n) is 2.01. The lowest BCUT2D eigenvalue weighted by molar-refractivity contribution is -0.148. The van der Waals surface area contributed by atoms with E-state index in [2.05, 4.69) is 14.8 Å². The van der Waals surface area contributed by atoms with Crippen LogP contribution in [0.4, 0.5) is 4.79 Å². The van der Waals surface area contributed by atoms with Crippen molar-refractivity contribution in [1.82, 2.24) is 15.4 Å². The van der Waals surface area contributed by atoms with Gasteiger partial charge < -0.3 is 14.5 Å². The molecule has 1 aromatic heterocycles. The molecule has 0 aliphatic heterocycles. The molecule has 0 saturated carbocycles. The quantitative estimate of drug-likeness (QED) is 0.493. The number of hydrogen-bond donors (Lipinski definition) is 3. The van der Waals surface area contributed by atoms with Gasteiger partial charge in [0.15, 0.2) is 6.61 Å². The van der Waals surface area contributed by atoms with Crippen LogP contribution in [0, 0.1) is 0 Å². The summed E-state index contributed by atoms with van der Waals surface area (Å²) in [5, 5.41) is 4.61. The fourth-order valence-corrected chi connectivity index (χ4v) is 3.34. The third-order valence-corrected chi connectivity index (χ3v) is 5.04. The summed E-state index contributed by atoms with van der Waals surface area (Å²) < 4.78 is 36.0. The Morgan fingerprint density at radius 3 is 2.62 bits per heavy atom. The van der Waals surface area contributed by atoms with Gasteiger partial charge in [-0.25, -0.2) is 17.9 Å². The first-order valence-electron chi connectivity index (χ1n) is 8.27. The molecule has 0 saturated heterocycles. The number of hydrogen-bond acceptors (Lipinski definition) is 7. The maximum Gasteiger partial charge on any atom is 0.321 e. The van der Waals surface area contributed by atoms with E-state index in [0.29, 0.717) is 5.76 Å². The number of ether oxygens (including phenoxy) is 1. The maximum atomic E-state index is 12.1. The van der Waals surface area contributed by atoms with E-state index < -0.39 is 34.5 Å². The van der Waals surface area contributed by atoms with Crippen molar-refractivity contribution in [3.63, 3.8) is 0 Å². The molecule has 2 rings (SSSR count).